The number of thioether (sulfide) groups is 1. The van der Waals surface area contributed by atoms with Crippen LogP contribution in [0, 0.1) is 20.8 Å². The van der Waals surface area contributed by atoms with Crippen LogP contribution in [0.15, 0.2) is 34.3 Å². The van der Waals surface area contributed by atoms with Gasteiger partial charge in [0.1, 0.15) is 5.75 Å². The first-order valence-electron chi connectivity index (χ1n) is 8.01. The van der Waals surface area contributed by atoms with Crippen molar-refractivity contribution in [1.82, 2.24) is 14.5 Å². The molecule has 0 fully saturated rings. The van der Waals surface area contributed by atoms with Crippen molar-refractivity contribution in [2.24, 2.45) is 7.05 Å². The largest absolute Gasteiger partial charge is 0.496 e. The van der Waals surface area contributed by atoms with Gasteiger partial charge in [0.25, 0.3) is 5.56 Å². The van der Waals surface area contributed by atoms with E-state index in [1.165, 1.54) is 11.8 Å². The molecule has 0 aliphatic carbocycles. The predicted molar refractivity (Wildman–Crippen MR) is 102 cm³/mol. The van der Waals surface area contributed by atoms with E-state index in [2.05, 4.69) is 9.97 Å². The first kappa shape index (κ1) is 17.5. The lowest BCUT2D eigenvalue weighted by Gasteiger charge is -2.13. The zero-order valence-electron chi connectivity index (χ0n) is 15.1. The Labute approximate surface area is 151 Å². The van der Waals surface area contributed by atoms with Crippen molar-refractivity contribution in [1.29, 1.82) is 0 Å². The molecule has 130 valence electrons. The minimum atomic E-state index is -0.0256. The van der Waals surface area contributed by atoms with Gasteiger partial charge in [-0.05, 0) is 32.9 Å². The third-order valence-electron chi connectivity index (χ3n) is 4.28. The van der Waals surface area contributed by atoms with E-state index in [9.17, 15) is 4.79 Å². The third-order valence-corrected chi connectivity index (χ3v) is 5.32. The van der Waals surface area contributed by atoms with Gasteiger partial charge < -0.3 is 4.74 Å². The molecule has 2 heterocycles. The first-order valence-corrected chi connectivity index (χ1v) is 9.00. The number of rotatable bonds is 4. The fourth-order valence-corrected chi connectivity index (χ4v) is 3.84. The highest BCUT2D eigenvalue weighted by Crippen LogP contribution is 2.28. The quantitative estimate of drug-likeness (QED) is 0.529. The summed E-state index contributed by atoms with van der Waals surface area (Å²) in [4.78, 5) is 21.8. The monoisotopic (exact) mass is 355 g/mol. The number of methoxy groups -OCH3 is 1. The number of fused-ring (bicyclic) bond motifs is 1. The van der Waals surface area contributed by atoms with E-state index in [0.717, 1.165) is 33.7 Å². The lowest BCUT2D eigenvalue weighted by atomic mass is 10.1. The number of aromatic nitrogens is 3. The Morgan fingerprint density at radius 2 is 2.00 bits per heavy atom. The van der Waals surface area contributed by atoms with Crippen molar-refractivity contribution >= 4 is 22.7 Å². The number of pyridine rings is 1. The fraction of sp³-hybridized carbons (Fsp3) is 0.316. The Kier molecular flexibility index (Phi) is 4.81. The molecule has 0 radical (unpaired) electrons. The molecule has 0 aliphatic rings. The van der Waals surface area contributed by atoms with Crippen molar-refractivity contribution in [3.05, 3.63) is 57.1 Å². The van der Waals surface area contributed by atoms with Gasteiger partial charge in [-0.15, -0.1) is 0 Å². The lowest BCUT2D eigenvalue weighted by Crippen LogP contribution is -2.20. The number of aryl methyl sites for hydroxylation is 2. The summed E-state index contributed by atoms with van der Waals surface area (Å²) in [5.41, 5.74) is 4.73. The van der Waals surface area contributed by atoms with Crippen molar-refractivity contribution in [2.45, 2.75) is 31.7 Å². The molecule has 0 saturated heterocycles. The second-order valence-electron chi connectivity index (χ2n) is 6.11. The van der Waals surface area contributed by atoms with E-state index in [1.807, 2.05) is 45.2 Å². The van der Waals surface area contributed by atoms with E-state index in [0.29, 0.717) is 16.3 Å². The van der Waals surface area contributed by atoms with Crippen LogP contribution in [0.25, 0.3) is 10.9 Å². The standard InChI is InChI=1S/C19H21N3O2S/c1-11-6-7-15-14(8-11)18(23)22(4)19(21-15)25-10-16-13(3)17(24-5)12(2)9-20-16/h6-9H,10H2,1-5H3. The van der Waals surface area contributed by atoms with Gasteiger partial charge in [-0.1, -0.05) is 23.4 Å². The molecule has 6 heteroatoms. The SMILES string of the molecule is COc1c(C)cnc(CSc2nc3ccc(C)cc3c(=O)n2C)c1C. The Bertz CT molecular complexity index is 1010. The maximum atomic E-state index is 12.6. The number of hydrogen-bond donors (Lipinski definition) is 0. The molecule has 0 unspecified atom stereocenters. The average molecular weight is 355 g/mol. The van der Waals surface area contributed by atoms with E-state index in [1.54, 1.807) is 18.7 Å². The molecule has 2 aromatic heterocycles. The average Bonchev–Trinajstić information content (AvgIpc) is 2.59. The number of hydrogen-bond acceptors (Lipinski definition) is 5. The van der Waals surface area contributed by atoms with Gasteiger partial charge in [0.15, 0.2) is 5.16 Å². The molecular formula is C19H21N3O2S. The van der Waals surface area contributed by atoms with E-state index in [4.69, 9.17) is 4.74 Å². The van der Waals surface area contributed by atoms with Crippen molar-refractivity contribution in [3.8, 4) is 5.75 Å². The van der Waals surface area contributed by atoms with Gasteiger partial charge in [-0.2, -0.15) is 0 Å². The zero-order chi connectivity index (χ0) is 18.1. The Morgan fingerprint density at radius 3 is 2.72 bits per heavy atom. The first-order chi connectivity index (χ1) is 11.9. The van der Waals surface area contributed by atoms with Gasteiger partial charge in [-0.25, -0.2) is 4.98 Å². The summed E-state index contributed by atoms with van der Waals surface area (Å²) >= 11 is 1.51. The predicted octanol–water partition coefficient (Wildman–Crippen LogP) is 3.55. The molecular weight excluding hydrogens is 334 g/mol. The molecule has 0 amide bonds. The third kappa shape index (κ3) is 3.26. The highest BCUT2D eigenvalue weighted by Gasteiger charge is 2.13. The summed E-state index contributed by atoms with van der Waals surface area (Å²) in [7, 11) is 3.43. The lowest BCUT2D eigenvalue weighted by molar-refractivity contribution is 0.407. The molecule has 3 rings (SSSR count). The Hall–Kier alpha value is -2.34. The van der Waals surface area contributed by atoms with Crippen LogP contribution in [-0.4, -0.2) is 21.6 Å². The smallest absolute Gasteiger partial charge is 0.261 e. The van der Waals surface area contributed by atoms with E-state index < -0.39 is 0 Å². The highest BCUT2D eigenvalue weighted by atomic mass is 32.2. The maximum Gasteiger partial charge on any atom is 0.261 e. The number of nitrogens with zero attached hydrogens (tertiary/aromatic N) is 3. The minimum Gasteiger partial charge on any atom is -0.496 e. The van der Waals surface area contributed by atoms with Crippen LogP contribution in [-0.2, 0) is 12.8 Å². The molecule has 0 atom stereocenters. The minimum absolute atomic E-state index is 0.0256. The molecule has 0 aliphatic heterocycles. The summed E-state index contributed by atoms with van der Waals surface area (Å²) in [6, 6.07) is 5.75. The molecule has 3 aromatic rings. The van der Waals surface area contributed by atoms with E-state index in [-0.39, 0.29) is 5.56 Å². The number of benzene rings is 1. The highest BCUT2D eigenvalue weighted by molar-refractivity contribution is 7.98. The Morgan fingerprint density at radius 1 is 1.24 bits per heavy atom. The van der Waals surface area contributed by atoms with Gasteiger partial charge in [0.2, 0.25) is 0 Å². The Balaban J connectivity index is 1.96. The van der Waals surface area contributed by atoms with Crippen LogP contribution in [0.5, 0.6) is 5.75 Å². The fourth-order valence-electron chi connectivity index (χ4n) is 2.84. The molecule has 0 saturated carbocycles. The molecule has 25 heavy (non-hydrogen) atoms. The van der Waals surface area contributed by atoms with Crippen LogP contribution in [0.1, 0.15) is 22.4 Å². The van der Waals surface area contributed by atoms with Crippen LogP contribution < -0.4 is 10.3 Å². The van der Waals surface area contributed by atoms with Crippen molar-refractivity contribution in [2.75, 3.05) is 7.11 Å². The summed E-state index contributed by atoms with van der Waals surface area (Å²) < 4.78 is 7.06. The zero-order valence-corrected chi connectivity index (χ0v) is 15.9. The molecule has 0 spiro atoms. The van der Waals surface area contributed by atoms with Crippen molar-refractivity contribution in [3.63, 3.8) is 0 Å². The summed E-state index contributed by atoms with van der Waals surface area (Å²) in [6.45, 7) is 5.96. The molecule has 5 nitrogen and oxygen atoms in total. The summed E-state index contributed by atoms with van der Waals surface area (Å²) in [6.07, 6.45) is 1.82. The van der Waals surface area contributed by atoms with Gasteiger partial charge >= 0.3 is 0 Å². The summed E-state index contributed by atoms with van der Waals surface area (Å²) in [5, 5.41) is 1.33. The normalized spacial score (nSPS) is 11.1. The molecule has 0 bridgehead atoms. The second kappa shape index (κ2) is 6.88. The van der Waals surface area contributed by atoms with Gasteiger partial charge in [-0.3, -0.25) is 14.3 Å². The van der Waals surface area contributed by atoms with Crippen molar-refractivity contribution < 1.29 is 4.74 Å². The van der Waals surface area contributed by atoms with Gasteiger partial charge in [0, 0.05) is 30.1 Å². The van der Waals surface area contributed by atoms with Crippen LogP contribution in [0.4, 0.5) is 0 Å². The van der Waals surface area contributed by atoms with Gasteiger partial charge in [0.05, 0.1) is 23.7 Å². The summed E-state index contributed by atoms with van der Waals surface area (Å²) in [5.74, 6) is 1.49. The molecule has 0 N–H and O–H groups in total. The maximum absolute atomic E-state index is 12.6. The van der Waals surface area contributed by atoms with Crippen LogP contribution >= 0.6 is 11.8 Å². The topological polar surface area (TPSA) is 57.0 Å². The molecule has 1 aromatic carbocycles. The van der Waals surface area contributed by atoms with Crippen LogP contribution in [0.2, 0.25) is 0 Å². The van der Waals surface area contributed by atoms with Crippen LogP contribution in [0.3, 0.4) is 0 Å². The second-order valence-corrected chi connectivity index (χ2v) is 7.06. The number of ether oxygens (including phenoxy) is 1. The van der Waals surface area contributed by atoms with E-state index >= 15 is 0 Å².